The summed E-state index contributed by atoms with van der Waals surface area (Å²) < 4.78 is 5.32. The fraction of sp³-hybridized carbons (Fsp3) is 0.938. The highest BCUT2D eigenvalue weighted by atomic mass is 35.5. The van der Waals surface area contributed by atoms with Gasteiger partial charge >= 0.3 is 0 Å². The molecule has 0 radical (unpaired) electrons. The molecule has 2 aliphatic rings. The van der Waals surface area contributed by atoms with Crippen molar-refractivity contribution in [1.82, 2.24) is 10.2 Å². The fourth-order valence-corrected chi connectivity index (χ4v) is 3.47. The molecule has 2 rings (SSSR count). The number of nitrogens with two attached hydrogens (primary N) is 1. The number of hydrogen-bond acceptors (Lipinski definition) is 4. The van der Waals surface area contributed by atoms with Crippen LogP contribution in [0.15, 0.2) is 0 Å². The number of ether oxygens (including phenoxy) is 1. The number of nitrogens with zero attached hydrogens (tertiary/aromatic N) is 1. The molecule has 1 aliphatic carbocycles. The van der Waals surface area contributed by atoms with Crippen molar-refractivity contribution in [1.29, 1.82) is 0 Å². The molecule has 7 heteroatoms. The molecular weight excluding hydrogens is 337 g/mol. The van der Waals surface area contributed by atoms with Crippen molar-refractivity contribution in [2.24, 2.45) is 11.7 Å². The number of nitrogens with one attached hydrogen (secondary N) is 1. The number of likely N-dealkylation sites (N-methyl/N-ethyl adjacent to an activating group) is 1. The van der Waals surface area contributed by atoms with Crippen LogP contribution in [0.1, 0.15) is 44.9 Å². The molecule has 1 aliphatic heterocycles. The molecule has 0 aromatic rings. The zero-order valence-corrected chi connectivity index (χ0v) is 15.8. The summed E-state index contributed by atoms with van der Waals surface area (Å²) in [5.41, 5.74) is 6.07. The summed E-state index contributed by atoms with van der Waals surface area (Å²) in [7, 11) is 2.17. The Kier molecular flexibility index (Phi) is 12.3. The second-order valence-corrected chi connectivity index (χ2v) is 6.54. The molecule has 1 heterocycles. The number of hydrogen-bond donors (Lipinski definition) is 2. The third-order valence-corrected chi connectivity index (χ3v) is 5.04. The maximum Gasteiger partial charge on any atom is 0.237 e. The maximum atomic E-state index is 12.1. The Morgan fingerprint density at radius 3 is 2.39 bits per heavy atom. The first-order valence-electron chi connectivity index (χ1n) is 8.50. The van der Waals surface area contributed by atoms with Crippen LogP contribution in [0, 0.1) is 5.92 Å². The molecule has 1 amide bonds. The van der Waals surface area contributed by atoms with Gasteiger partial charge in [0.25, 0.3) is 0 Å². The number of rotatable bonds is 6. The van der Waals surface area contributed by atoms with Gasteiger partial charge in [-0.1, -0.05) is 19.3 Å². The minimum atomic E-state index is -0.381. The lowest BCUT2D eigenvalue weighted by atomic mass is 9.92. The normalized spacial score (nSPS) is 21.2. The molecule has 138 valence electrons. The van der Waals surface area contributed by atoms with E-state index in [-0.39, 0.29) is 42.7 Å². The monoisotopic (exact) mass is 369 g/mol. The Bertz CT molecular complexity index is 322. The minimum absolute atomic E-state index is 0. The summed E-state index contributed by atoms with van der Waals surface area (Å²) in [6.07, 6.45) is 8.46. The Labute approximate surface area is 152 Å². The zero-order chi connectivity index (χ0) is 15.1. The smallest absolute Gasteiger partial charge is 0.237 e. The second-order valence-electron chi connectivity index (χ2n) is 6.54. The minimum Gasteiger partial charge on any atom is -0.381 e. The highest BCUT2D eigenvalue weighted by molar-refractivity contribution is 5.85. The highest BCUT2D eigenvalue weighted by Gasteiger charge is 2.26. The van der Waals surface area contributed by atoms with Crippen molar-refractivity contribution in [3.05, 3.63) is 0 Å². The van der Waals surface area contributed by atoms with E-state index in [1.54, 1.807) is 0 Å². The molecule has 23 heavy (non-hydrogen) atoms. The summed E-state index contributed by atoms with van der Waals surface area (Å²) in [4.78, 5) is 14.5. The molecule has 3 N–H and O–H groups in total. The predicted octanol–water partition coefficient (Wildman–Crippen LogP) is 1.96. The first kappa shape index (κ1) is 22.9. The van der Waals surface area contributed by atoms with Gasteiger partial charge in [0.05, 0.1) is 6.04 Å². The van der Waals surface area contributed by atoms with E-state index in [1.165, 1.54) is 32.1 Å². The Morgan fingerprint density at radius 2 is 1.78 bits per heavy atom. The van der Waals surface area contributed by atoms with Gasteiger partial charge in [0.15, 0.2) is 0 Å². The number of carbonyl (C=O) groups is 1. The van der Waals surface area contributed by atoms with Crippen LogP contribution in [0.5, 0.6) is 0 Å². The number of amides is 1. The van der Waals surface area contributed by atoms with Crippen LogP contribution < -0.4 is 11.1 Å². The van der Waals surface area contributed by atoms with Crippen LogP contribution in [0.4, 0.5) is 0 Å². The van der Waals surface area contributed by atoms with E-state index in [2.05, 4.69) is 17.3 Å². The van der Waals surface area contributed by atoms with Gasteiger partial charge in [-0.3, -0.25) is 4.79 Å². The molecule has 0 aromatic carbocycles. The fourth-order valence-electron chi connectivity index (χ4n) is 3.47. The van der Waals surface area contributed by atoms with E-state index >= 15 is 0 Å². The van der Waals surface area contributed by atoms with Crippen molar-refractivity contribution < 1.29 is 9.53 Å². The number of carbonyl (C=O) groups excluding carboxylic acids is 1. The van der Waals surface area contributed by atoms with Crippen molar-refractivity contribution >= 4 is 30.7 Å². The van der Waals surface area contributed by atoms with Gasteiger partial charge in [-0.2, -0.15) is 0 Å². The van der Waals surface area contributed by atoms with Crippen LogP contribution in [0.2, 0.25) is 0 Å². The van der Waals surface area contributed by atoms with Crippen LogP contribution in [0.3, 0.4) is 0 Å². The average molecular weight is 370 g/mol. The quantitative estimate of drug-likeness (QED) is 0.750. The van der Waals surface area contributed by atoms with Gasteiger partial charge in [-0.25, -0.2) is 0 Å². The van der Waals surface area contributed by atoms with Crippen molar-refractivity contribution in [3.63, 3.8) is 0 Å². The molecule has 0 bridgehead atoms. The van der Waals surface area contributed by atoms with Gasteiger partial charge in [0, 0.05) is 32.3 Å². The van der Waals surface area contributed by atoms with E-state index in [0.717, 1.165) is 32.6 Å². The van der Waals surface area contributed by atoms with Gasteiger partial charge in [-0.15, -0.1) is 24.8 Å². The molecule has 1 unspecified atom stereocenters. The molecule has 0 aromatic heterocycles. The molecule has 2 fully saturated rings. The first-order chi connectivity index (χ1) is 10.2. The zero-order valence-electron chi connectivity index (χ0n) is 14.2. The third kappa shape index (κ3) is 7.57. The Balaban J connectivity index is 0.00000242. The SMILES string of the molecule is CN(CCNC(=O)C(N)C1CCOCC1)C1CCCCC1.Cl.Cl. The average Bonchev–Trinajstić information content (AvgIpc) is 2.55. The van der Waals surface area contributed by atoms with Crippen LogP contribution >= 0.6 is 24.8 Å². The van der Waals surface area contributed by atoms with Gasteiger partial charge < -0.3 is 20.7 Å². The third-order valence-electron chi connectivity index (χ3n) is 5.04. The van der Waals surface area contributed by atoms with Gasteiger partial charge in [-0.05, 0) is 38.6 Å². The topological polar surface area (TPSA) is 67.6 Å². The summed E-state index contributed by atoms with van der Waals surface area (Å²) in [5.74, 6) is 0.272. The lowest BCUT2D eigenvalue weighted by Gasteiger charge is -2.31. The summed E-state index contributed by atoms with van der Waals surface area (Å²) in [6, 6.07) is 0.314. The van der Waals surface area contributed by atoms with Gasteiger partial charge in [0.1, 0.15) is 0 Å². The van der Waals surface area contributed by atoms with E-state index in [4.69, 9.17) is 10.5 Å². The van der Waals surface area contributed by atoms with E-state index < -0.39 is 0 Å². The summed E-state index contributed by atoms with van der Waals surface area (Å²) >= 11 is 0. The highest BCUT2D eigenvalue weighted by Crippen LogP contribution is 2.21. The lowest BCUT2D eigenvalue weighted by Crippen LogP contribution is -2.49. The molecule has 1 atom stereocenters. The first-order valence-corrected chi connectivity index (χ1v) is 8.50. The van der Waals surface area contributed by atoms with Crippen LogP contribution in [0.25, 0.3) is 0 Å². The van der Waals surface area contributed by atoms with Crippen molar-refractivity contribution in [2.75, 3.05) is 33.4 Å². The van der Waals surface area contributed by atoms with Crippen LogP contribution in [-0.2, 0) is 9.53 Å². The lowest BCUT2D eigenvalue weighted by molar-refractivity contribution is -0.124. The number of halogens is 2. The predicted molar refractivity (Wildman–Crippen MR) is 98.5 cm³/mol. The van der Waals surface area contributed by atoms with Crippen LogP contribution in [-0.4, -0.2) is 56.2 Å². The maximum absolute atomic E-state index is 12.1. The summed E-state index contributed by atoms with van der Waals surface area (Å²) in [5, 5.41) is 3.00. The van der Waals surface area contributed by atoms with Crippen molar-refractivity contribution in [2.45, 2.75) is 57.0 Å². The molecule has 1 saturated heterocycles. The summed E-state index contributed by atoms with van der Waals surface area (Å²) in [6.45, 7) is 3.08. The Morgan fingerprint density at radius 1 is 1.17 bits per heavy atom. The van der Waals surface area contributed by atoms with E-state index in [0.29, 0.717) is 12.6 Å². The molecule has 1 saturated carbocycles. The molecule has 5 nitrogen and oxygen atoms in total. The van der Waals surface area contributed by atoms with Gasteiger partial charge in [0.2, 0.25) is 5.91 Å². The van der Waals surface area contributed by atoms with E-state index in [1.807, 2.05) is 0 Å². The Hall–Kier alpha value is -0.0700. The van der Waals surface area contributed by atoms with E-state index in [9.17, 15) is 4.79 Å². The standard InChI is InChI=1S/C16H31N3O2.2ClH/c1-19(14-5-3-2-4-6-14)10-9-18-16(20)15(17)13-7-11-21-12-8-13;;/h13-15H,2-12,17H2,1H3,(H,18,20);2*1H. The molecule has 0 spiro atoms. The second kappa shape index (κ2) is 12.3. The largest absolute Gasteiger partial charge is 0.381 e. The van der Waals surface area contributed by atoms with Crippen molar-refractivity contribution in [3.8, 4) is 0 Å². The molecular formula is C16H33Cl2N3O2.